The Balaban J connectivity index is 1.62. The van der Waals surface area contributed by atoms with E-state index in [4.69, 9.17) is 0 Å². The van der Waals surface area contributed by atoms with Gasteiger partial charge in [0.25, 0.3) is 5.91 Å². The van der Waals surface area contributed by atoms with E-state index in [1.165, 1.54) is 16.5 Å². The molecule has 0 aromatic heterocycles. The first-order chi connectivity index (χ1) is 10.3. The molecule has 0 saturated carbocycles. The van der Waals surface area contributed by atoms with Crippen molar-refractivity contribution in [3.05, 3.63) is 48.2 Å². The Labute approximate surface area is 125 Å². The predicted molar refractivity (Wildman–Crippen MR) is 82.5 cm³/mol. The normalized spacial score (nSPS) is 15.0. The van der Waals surface area contributed by atoms with Gasteiger partial charge in [0, 0.05) is 18.8 Å². The van der Waals surface area contributed by atoms with Crippen molar-refractivity contribution in [3.8, 4) is 0 Å². The highest BCUT2D eigenvalue weighted by atomic mass is 16.2. The lowest BCUT2D eigenvalue weighted by molar-refractivity contribution is -0.140. The lowest BCUT2D eigenvalue weighted by Gasteiger charge is -2.17. The number of carbonyl (C=O) groups excluding carboxylic acids is 2. The van der Waals surface area contributed by atoms with Crippen molar-refractivity contribution in [3.63, 3.8) is 0 Å². The molecule has 0 spiro atoms. The minimum absolute atomic E-state index is 0.144. The highest BCUT2D eigenvalue weighted by Gasteiger charge is 2.20. The molecule has 0 bridgehead atoms. The van der Waals surface area contributed by atoms with Gasteiger partial charge in [-0.05, 0) is 24.8 Å². The van der Waals surface area contributed by atoms with Crippen molar-refractivity contribution < 1.29 is 9.59 Å². The molecular weight excluding hydrogens is 264 g/mol. The van der Waals surface area contributed by atoms with Gasteiger partial charge in [0.15, 0.2) is 0 Å². The number of unbranched alkanes of at least 4 members (excludes halogenated alkanes) is 3. The molecule has 0 unspecified atom stereocenters. The van der Waals surface area contributed by atoms with Crippen LogP contribution in [0.15, 0.2) is 42.6 Å². The van der Waals surface area contributed by atoms with Gasteiger partial charge in [-0.3, -0.25) is 14.5 Å². The second kappa shape index (κ2) is 8.25. The molecule has 2 rings (SSSR count). The number of imide groups is 1. The quantitative estimate of drug-likeness (QED) is 0.618. The number of benzene rings is 1. The van der Waals surface area contributed by atoms with Crippen LogP contribution in [0.5, 0.6) is 0 Å². The number of aryl methyl sites for hydroxylation is 1. The van der Waals surface area contributed by atoms with E-state index in [0.29, 0.717) is 6.54 Å². The zero-order chi connectivity index (χ0) is 14.9. The Hall–Kier alpha value is -2.10. The Morgan fingerprint density at radius 2 is 1.76 bits per heavy atom. The van der Waals surface area contributed by atoms with Gasteiger partial charge in [0.2, 0.25) is 5.91 Å². The van der Waals surface area contributed by atoms with E-state index in [9.17, 15) is 9.59 Å². The summed E-state index contributed by atoms with van der Waals surface area (Å²) in [4.78, 5) is 24.8. The number of nitrogens with one attached hydrogen (secondary N) is 1. The van der Waals surface area contributed by atoms with Crippen LogP contribution in [0.25, 0.3) is 0 Å². The van der Waals surface area contributed by atoms with E-state index in [1.807, 2.05) is 6.07 Å². The first-order valence-corrected chi connectivity index (χ1v) is 7.55. The van der Waals surface area contributed by atoms with E-state index in [1.54, 1.807) is 6.20 Å². The number of hydrogen-bond donors (Lipinski definition) is 1. The maximum absolute atomic E-state index is 11.7. The number of rotatable bonds is 7. The molecular formula is C17H22N2O2. The number of nitrogens with zero attached hydrogens (tertiary/aromatic N) is 1. The smallest absolute Gasteiger partial charge is 0.254 e. The molecule has 4 heteroatoms. The number of hydrogen-bond acceptors (Lipinski definition) is 3. The van der Waals surface area contributed by atoms with E-state index < -0.39 is 0 Å². The Morgan fingerprint density at radius 3 is 2.57 bits per heavy atom. The van der Waals surface area contributed by atoms with Gasteiger partial charge >= 0.3 is 0 Å². The Bertz CT molecular complexity index is 497. The Kier molecular flexibility index (Phi) is 6.00. The molecule has 21 heavy (non-hydrogen) atoms. The van der Waals surface area contributed by atoms with Crippen LogP contribution in [0.3, 0.4) is 0 Å². The first-order valence-electron chi connectivity index (χ1n) is 7.55. The summed E-state index contributed by atoms with van der Waals surface area (Å²) in [7, 11) is 0. The zero-order valence-corrected chi connectivity index (χ0v) is 12.3. The summed E-state index contributed by atoms with van der Waals surface area (Å²) < 4.78 is 0. The first kappa shape index (κ1) is 15.3. The molecule has 0 fully saturated rings. The predicted octanol–water partition coefficient (Wildman–Crippen LogP) is 2.26. The second-order valence-corrected chi connectivity index (χ2v) is 5.25. The van der Waals surface area contributed by atoms with E-state index in [-0.39, 0.29) is 18.4 Å². The molecule has 0 aliphatic carbocycles. The molecule has 1 N–H and O–H groups in total. The molecule has 1 aliphatic heterocycles. The van der Waals surface area contributed by atoms with Gasteiger partial charge in [-0.25, -0.2) is 0 Å². The maximum atomic E-state index is 11.7. The largest absolute Gasteiger partial charge is 0.382 e. The van der Waals surface area contributed by atoms with Gasteiger partial charge in [-0.1, -0.05) is 43.2 Å². The summed E-state index contributed by atoms with van der Waals surface area (Å²) in [5, 5.41) is 2.79. The average Bonchev–Trinajstić information content (AvgIpc) is 2.66. The Morgan fingerprint density at radius 1 is 1.00 bits per heavy atom. The minimum Gasteiger partial charge on any atom is -0.382 e. The summed E-state index contributed by atoms with van der Waals surface area (Å²) in [5.74, 6) is -0.358. The molecule has 1 aromatic carbocycles. The fourth-order valence-corrected chi connectivity index (χ4v) is 2.42. The summed E-state index contributed by atoms with van der Waals surface area (Å²) in [6, 6.07) is 10.4. The van der Waals surface area contributed by atoms with E-state index in [0.717, 1.165) is 32.1 Å². The third kappa shape index (κ3) is 5.06. The molecule has 2 amide bonds. The third-order valence-corrected chi connectivity index (χ3v) is 3.60. The van der Waals surface area contributed by atoms with Crippen molar-refractivity contribution in [1.29, 1.82) is 0 Å². The van der Waals surface area contributed by atoms with Crippen LogP contribution in [0.2, 0.25) is 0 Å². The van der Waals surface area contributed by atoms with Gasteiger partial charge < -0.3 is 5.32 Å². The molecule has 1 aromatic rings. The molecule has 112 valence electrons. The molecule has 1 aliphatic rings. The van der Waals surface area contributed by atoms with Gasteiger partial charge in [0.1, 0.15) is 0 Å². The molecule has 0 radical (unpaired) electrons. The van der Waals surface area contributed by atoms with Crippen LogP contribution in [0, 0.1) is 0 Å². The SMILES string of the molecule is O=C1C=CNCC(=O)N1CCCCCCc1ccccc1. The highest BCUT2D eigenvalue weighted by Crippen LogP contribution is 2.09. The summed E-state index contributed by atoms with van der Waals surface area (Å²) in [6.45, 7) is 0.727. The molecule has 0 atom stereocenters. The molecule has 0 saturated heterocycles. The zero-order valence-electron chi connectivity index (χ0n) is 12.3. The summed E-state index contributed by atoms with van der Waals surface area (Å²) in [6.07, 6.45) is 8.24. The van der Waals surface area contributed by atoms with Crippen LogP contribution in [-0.4, -0.2) is 29.8 Å². The topological polar surface area (TPSA) is 49.4 Å². The van der Waals surface area contributed by atoms with Crippen molar-refractivity contribution in [1.82, 2.24) is 10.2 Å². The highest BCUT2D eigenvalue weighted by molar-refractivity contribution is 6.02. The standard InChI is InChI=1S/C17H22N2O2/c20-16-11-12-18-14-17(21)19(16)13-7-2-1-4-8-15-9-5-3-6-10-15/h3,5-6,9-12,18H,1-2,4,7-8,13-14H2. The molecule has 4 nitrogen and oxygen atoms in total. The second-order valence-electron chi connectivity index (χ2n) is 5.25. The lowest BCUT2D eigenvalue weighted by Crippen LogP contribution is -2.39. The van der Waals surface area contributed by atoms with Gasteiger partial charge in [0.05, 0.1) is 6.54 Å². The molecule has 1 heterocycles. The summed E-state index contributed by atoms with van der Waals surface area (Å²) in [5.41, 5.74) is 1.37. The average molecular weight is 286 g/mol. The maximum Gasteiger partial charge on any atom is 0.254 e. The minimum atomic E-state index is -0.214. The van der Waals surface area contributed by atoms with Crippen LogP contribution >= 0.6 is 0 Å². The fraction of sp³-hybridized carbons (Fsp3) is 0.412. The monoisotopic (exact) mass is 286 g/mol. The summed E-state index contributed by atoms with van der Waals surface area (Å²) >= 11 is 0. The number of carbonyl (C=O) groups is 2. The van der Waals surface area contributed by atoms with Crippen molar-refractivity contribution in [2.45, 2.75) is 32.1 Å². The van der Waals surface area contributed by atoms with Crippen molar-refractivity contribution in [2.75, 3.05) is 13.1 Å². The van der Waals surface area contributed by atoms with Crippen LogP contribution in [0.1, 0.15) is 31.2 Å². The number of amides is 2. The van der Waals surface area contributed by atoms with E-state index >= 15 is 0 Å². The van der Waals surface area contributed by atoms with Crippen LogP contribution in [-0.2, 0) is 16.0 Å². The van der Waals surface area contributed by atoms with Crippen LogP contribution < -0.4 is 5.32 Å². The van der Waals surface area contributed by atoms with Gasteiger partial charge in [-0.2, -0.15) is 0 Å². The fourth-order valence-electron chi connectivity index (χ4n) is 2.42. The van der Waals surface area contributed by atoms with Crippen molar-refractivity contribution >= 4 is 11.8 Å². The van der Waals surface area contributed by atoms with E-state index in [2.05, 4.69) is 29.6 Å². The third-order valence-electron chi connectivity index (χ3n) is 3.60. The van der Waals surface area contributed by atoms with Gasteiger partial charge in [-0.15, -0.1) is 0 Å². The van der Waals surface area contributed by atoms with Crippen molar-refractivity contribution in [2.24, 2.45) is 0 Å². The lowest BCUT2D eigenvalue weighted by atomic mass is 10.1. The van der Waals surface area contributed by atoms with Crippen LogP contribution in [0.4, 0.5) is 0 Å².